The molecule has 0 bridgehead atoms. The van der Waals surface area contributed by atoms with E-state index in [-0.39, 0.29) is 30.3 Å². The summed E-state index contributed by atoms with van der Waals surface area (Å²) in [4.78, 5) is 12.7. The maximum atomic E-state index is 12.7. The molecule has 146 valence electrons. The van der Waals surface area contributed by atoms with Gasteiger partial charge >= 0.3 is 0 Å². The maximum Gasteiger partial charge on any atom is 0.229 e. The second kappa shape index (κ2) is 9.07. The van der Waals surface area contributed by atoms with E-state index in [0.29, 0.717) is 0 Å². The van der Waals surface area contributed by atoms with Crippen molar-refractivity contribution in [1.82, 2.24) is 0 Å². The van der Waals surface area contributed by atoms with Gasteiger partial charge in [-0.25, -0.2) is 0 Å². The fraction of sp³-hybridized carbons (Fsp3) is 0.650. The van der Waals surface area contributed by atoms with E-state index in [1.807, 2.05) is 32.0 Å². The van der Waals surface area contributed by atoms with Crippen molar-refractivity contribution >= 4 is 24.0 Å². The number of ether oxygens (including phenoxy) is 2. The summed E-state index contributed by atoms with van der Waals surface area (Å²) >= 11 is 0. The predicted molar refractivity (Wildman–Crippen MR) is 106 cm³/mol. The lowest BCUT2D eigenvalue weighted by Gasteiger charge is -2.37. The van der Waals surface area contributed by atoms with Crippen molar-refractivity contribution in [1.29, 1.82) is 0 Å². The second-order valence-electron chi connectivity index (χ2n) is 7.70. The summed E-state index contributed by atoms with van der Waals surface area (Å²) in [7, 11) is 0. The number of rotatable bonds is 4. The normalized spacial score (nSPS) is 26.7. The number of hydrogen-bond donors (Lipinski definition) is 2. The average Bonchev–Trinajstić information content (AvgIpc) is 2.58. The van der Waals surface area contributed by atoms with Gasteiger partial charge in [0.1, 0.15) is 11.9 Å². The minimum atomic E-state index is -0.413. The Bertz CT molecular complexity index is 615. The van der Waals surface area contributed by atoms with Gasteiger partial charge in [-0.15, -0.1) is 12.4 Å². The first-order valence-electron chi connectivity index (χ1n) is 9.40. The molecule has 1 heterocycles. The molecule has 6 heteroatoms. The van der Waals surface area contributed by atoms with Crippen LogP contribution in [0, 0.1) is 12.8 Å². The zero-order valence-corrected chi connectivity index (χ0v) is 16.6. The van der Waals surface area contributed by atoms with Crippen LogP contribution in [0.25, 0.3) is 0 Å². The number of hydrogen-bond acceptors (Lipinski definition) is 4. The number of amides is 1. The molecule has 1 amide bonds. The standard InChI is InChI=1S/C20H30N2O3.ClH/c1-14-13-15(6-7-18(14)25-16-8-11-24-12-9-16)22-19(23)17-5-3-4-10-20(17,2)21;/h6-7,13,16-17H,3-5,8-12,21H2,1-2H3,(H,22,23);1H. The molecule has 1 saturated carbocycles. The van der Waals surface area contributed by atoms with E-state index in [1.165, 1.54) is 0 Å². The van der Waals surface area contributed by atoms with Crippen LogP contribution in [-0.2, 0) is 9.53 Å². The largest absolute Gasteiger partial charge is 0.490 e. The molecule has 26 heavy (non-hydrogen) atoms. The van der Waals surface area contributed by atoms with Gasteiger partial charge in [-0.1, -0.05) is 12.8 Å². The molecule has 0 radical (unpaired) electrons. The summed E-state index contributed by atoms with van der Waals surface area (Å²) in [6, 6.07) is 5.84. The van der Waals surface area contributed by atoms with Crippen molar-refractivity contribution in [3.63, 3.8) is 0 Å². The summed E-state index contributed by atoms with van der Waals surface area (Å²) in [5.41, 5.74) is 7.77. The van der Waals surface area contributed by atoms with Crippen LogP contribution in [0.1, 0.15) is 51.0 Å². The molecule has 1 saturated heterocycles. The molecule has 2 atom stereocenters. The van der Waals surface area contributed by atoms with Crippen molar-refractivity contribution in [2.24, 2.45) is 11.7 Å². The third-order valence-electron chi connectivity index (χ3n) is 5.48. The second-order valence-corrected chi connectivity index (χ2v) is 7.70. The highest BCUT2D eigenvalue weighted by Crippen LogP contribution is 2.33. The first-order chi connectivity index (χ1) is 12.0. The SMILES string of the molecule is Cc1cc(NC(=O)C2CCCCC2(C)N)ccc1OC1CCOCC1.Cl. The van der Waals surface area contributed by atoms with Crippen LogP contribution in [0.4, 0.5) is 5.69 Å². The first-order valence-corrected chi connectivity index (χ1v) is 9.40. The van der Waals surface area contributed by atoms with E-state index < -0.39 is 5.54 Å². The van der Waals surface area contributed by atoms with E-state index in [1.54, 1.807) is 0 Å². The number of benzene rings is 1. The summed E-state index contributed by atoms with van der Waals surface area (Å²) < 4.78 is 11.4. The Kier molecular flexibility index (Phi) is 7.33. The van der Waals surface area contributed by atoms with Crippen LogP contribution in [-0.4, -0.2) is 30.8 Å². The molecule has 1 aromatic rings. The fourth-order valence-corrected chi connectivity index (χ4v) is 3.85. The molecule has 1 aliphatic carbocycles. The molecule has 1 aliphatic heterocycles. The smallest absolute Gasteiger partial charge is 0.229 e. The average molecular weight is 383 g/mol. The zero-order chi connectivity index (χ0) is 17.9. The number of aryl methyl sites for hydroxylation is 1. The molecule has 2 unspecified atom stereocenters. The number of halogens is 1. The van der Waals surface area contributed by atoms with E-state index >= 15 is 0 Å². The zero-order valence-electron chi connectivity index (χ0n) is 15.8. The molecular formula is C20H31ClN2O3. The Morgan fingerprint density at radius 3 is 2.65 bits per heavy atom. The van der Waals surface area contributed by atoms with Crippen molar-refractivity contribution in [3.8, 4) is 5.75 Å². The highest BCUT2D eigenvalue weighted by molar-refractivity contribution is 5.93. The number of carbonyl (C=O) groups is 1. The number of carbonyl (C=O) groups excluding carboxylic acids is 1. The minimum Gasteiger partial charge on any atom is -0.490 e. The van der Waals surface area contributed by atoms with Crippen LogP contribution in [0.5, 0.6) is 5.75 Å². The van der Waals surface area contributed by atoms with Gasteiger partial charge in [0.2, 0.25) is 5.91 Å². The Morgan fingerprint density at radius 1 is 1.27 bits per heavy atom. The van der Waals surface area contributed by atoms with Gasteiger partial charge in [0, 0.05) is 24.1 Å². The van der Waals surface area contributed by atoms with Crippen molar-refractivity contribution in [2.45, 2.75) is 64.0 Å². The molecule has 2 fully saturated rings. The van der Waals surface area contributed by atoms with Crippen LogP contribution < -0.4 is 15.8 Å². The first kappa shape index (κ1) is 21.0. The number of nitrogens with one attached hydrogen (secondary N) is 1. The quantitative estimate of drug-likeness (QED) is 0.830. The van der Waals surface area contributed by atoms with Crippen molar-refractivity contribution < 1.29 is 14.3 Å². The summed E-state index contributed by atoms with van der Waals surface area (Å²) in [6.07, 6.45) is 6.01. The van der Waals surface area contributed by atoms with E-state index in [0.717, 1.165) is 68.7 Å². The highest BCUT2D eigenvalue weighted by atomic mass is 35.5. The molecule has 0 spiro atoms. The topological polar surface area (TPSA) is 73.6 Å². The summed E-state index contributed by atoms with van der Waals surface area (Å²) in [5, 5.41) is 3.04. The van der Waals surface area contributed by atoms with Gasteiger partial charge in [0.05, 0.1) is 19.1 Å². The minimum absolute atomic E-state index is 0. The molecule has 1 aromatic carbocycles. The lowest BCUT2D eigenvalue weighted by molar-refractivity contribution is -0.122. The van der Waals surface area contributed by atoms with Crippen molar-refractivity contribution in [3.05, 3.63) is 23.8 Å². The summed E-state index contributed by atoms with van der Waals surface area (Å²) in [5.74, 6) is 0.785. The van der Waals surface area contributed by atoms with E-state index in [2.05, 4.69) is 5.32 Å². The predicted octanol–water partition coefficient (Wildman–Crippen LogP) is 3.82. The van der Waals surface area contributed by atoms with E-state index in [9.17, 15) is 4.79 Å². The van der Waals surface area contributed by atoms with Gasteiger partial charge in [-0.2, -0.15) is 0 Å². The van der Waals surface area contributed by atoms with E-state index in [4.69, 9.17) is 15.2 Å². The Hall–Kier alpha value is -1.30. The molecule has 3 rings (SSSR count). The third kappa shape index (κ3) is 5.12. The van der Waals surface area contributed by atoms with Crippen LogP contribution in [0.2, 0.25) is 0 Å². The van der Waals surface area contributed by atoms with Gasteiger partial charge in [0.15, 0.2) is 0 Å². The lowest BCUT2D eigenvalue weighted by Crippen LogP contribution is -2.51. The van der Waals surface area contributed by atoms with Gasteiger partial charge in [0.25, 0.3) is 0 Å². The highest BCUT2D eigenvalue weighted by Gasteiger charge is 2.37. The van der Waals surface area contributed by atoms with Crippen LogP contribution in [0.15, 0.2) is 18.2 Å². The van der Waals surface area contributed by atoms with Crippen LogP contribution in [0.3, 0.4) is 0 Å². The fourth-order valence-electron chi connectivity index (χ4n) is 3.85. The third-order valence-corrected chi connectivity index (χ3v) is 5.48. The monoisotopic (exact) mass is 382 g/mol. The molecule has 5 nitrogen and oxygen atoms in total. The number of nitrogens with two attached hydrogens (primary N) is 1. The Balaban J connectivity index is 0.00000243. The Labute approximate surface area is 162 Å². The van der Waals surface area contributed by atoms with Crippen molar-refractivity contribution in [2.75, 3.05) is 18.5 Å². The molecular weight excluding hydrogens is 352 g/mol. The maximum absolute atomic E-state index is 12.7. The van der Waals surface area contributed by atoms with Gasteiger partial charge < -0.3 is 20.5 Å². The molecule has 0 aromatic heterocycles. The molecule has 3 N–H and O–H groups in total. The van der Waals surface area contributed by atoms with Crippen LogP contribution >= 0.6 is 12.4 Å². The van der Waals surface area contributed by atoms with Gasteiger partial charge in [-0.05, 0) is 50.5 Å². The molecule has 2 aliphatic rings. The Morgan fingerprint density at radius 2 is 2.00 bits per heavy atom. The number of anilines is 1. The summed E-state index contributed by atoms with van der Waals surface area (Å²) in [6.45, 7) is 5.53. The van der Waals surface area contributed by atoms with Gasteiger partial charge in [-0.3, -0.25) is 4.79 Å². The lowest BCUT2D eigenvalue weighted by atomic mass is 9.74.